The van der Waals surface area contributed by atoms with Gasteiger partial charge in [0.05, 0.1) is 19.8 Å². The highest BCUT2D eigenvalue weighted by atomic mass is 16.5. The molecule has 0 fully saturated rings. The molecule has 0 N–H and O–H groups in total. The van der Waals surface area contributed by atoms with Gasteiger partial charge in [-0.15, -0.1) is 0 Å². The van der Waals surface area contributed by atoms with E-state index in [9.17, 15) is 4.79 Å². The molecule has 0 spiro atoms. The Hall–Kier alpha value is -2.56. The topological polar surface area (TPSA) is 61.6 Å². The molecular formula is C14H13NO4. The third-order valence-electron chi connectivity index (χ3n) is 2.53. The summed E-state index contributed by atoms with van der Waals surface area (Å²) in [4.78, 5) is 15.9. The second kappa shape index (κ2) is 5.86. The van der Waals surface area contributed by atoms with Crippen LogP contribution in [0.4, 0.5) is 0 Å². The van der Waals surface area contributed by atoms with Crippen LogP contribution in [-0.2, 0) is 0 Å². The highest BCUT2D eigenvalue weighted by Crippen LogP contribution is 2.25. The lowest BCUT2D eigenvalue weighted by atomic mass is 10.1. The van der Waals surface area contributed by atoms with E-state index < -0.39 is 0 Å². The summed E-state index contributed by atoms with van der Waals surface area (Å²) in [6.07, 6.45) is 5.75. The van der Waals surface area contributed by atoms with Crippen molar-refractivity contribution in [1.82, 2.24) is 4.98 Å². The maximum Gasteiger partial charge on any atom is 0.189 e. The van der Waals surface area contributed by atoms with Gasteiger partial charge in [0.2, 0.25) is 0 Å². The number of aromatic nitrogens is 1. The molecule has 0 aliphatic carbocycles. The molecule has 1 aromatic heterocycles. The number of ketones is 1. The lowest BCUT2D eigenvalue weighted by Gasteiger charge is -2.07. The Morgan fingerprint density at radius 1 is 1.32 bits per heavy atom. The molecule has 0 saturated heterocycles. The van der Waals surface area contributed by atoms with E-state index in [1.54, 1.807) is 31.4 Å². The number of hydrogen-bond donors (Lipinski definition) is 0. The predicted octanol–water partition coefficient (Wildman–Crippen LogP) is 2.59. The van der Waals surface area contributed by atoms with Gasteiger partial charge in [-0.2, -0.15) is 0 Å². The number of nitrogens with zero attached hydrogens (tertiary/aromatic N) is 1. The van der Waals surface area contributed by atoms with Crippen molar-refractivity contribution in [3.05, 3.63) is 48.2 Å². The van der Waals surface area contributed by atoms with Crippen LogP contribution in [0.5, 0.6) is 11.5 Å². The standard InChI is InChI=1S/C14H13NO4/c1-17-11-4-5-12(14(7-11)18-2)13(16)6-3-10-8-19-9-15-10/h3-9H,1-2H3/b6-3+. The average Bonchev–Trinajstić information content (AvgIpc) is 2.97. The molecule has 5 nitrogen and oxygen atoms in total. The zero-order valence-electron chi connectivity index (χ0n) is 10.6. The van der Waals surface area contributed by atoms with Crippen LogP contribution < -0.4 is 9.47 Å². The second-order valence-corrected chi connectivity index (χ2v) is 3.68. The fraction of sp³-hybridized carbons (Fsp3) is 0.143. The number of carbonyl (C=O) groups is 1. The van der Waals surface area contributed by atoms with Crippen molar-refractivity contribution < 1.29 is 18.7 Å². The first-order valence-corrected chi connectivity index (χ1v) is 5.57. The molecule has 0 aliphatic heterocycles. The van der Waals surface area contributed by atoms with Gasteiger partial charge in [0, 0.05) is 6.07 Å². The van der Waals surface area contributed by atoms with Crippen molar-refractivity contribution >= 4 is 11.9 Å². The van der Waals surface area contributed by atoms with Crippen LogP contribution >= 0.6 is 0 Å². The van der Waals surface area contributed by atoms with Crippen molar-refractivity contribution in [2.75, 3.05) is 14.2 Å². The first kappa shape index (κ1) is 12.9. The van der Waals surface area contributed by atoms with Gasteiger partial charge in [-0.1, -0.05) is 0 Å². The van der Waals surface area contributed by atoms with Crippen LogP contribution in [0.15, 0.2) is 41.3 Å². The molecule has 2 aromatic rings. The minimum Gasteiger partial charge on any atom is -0.497 e. The minimum atomic E-state index is -0.178. The van der Waals surface area contributed by atoms with Crippen LogP contribution in [0.25, 0.3) is 6.08 Å². The van der Waals surface area contributed by atoms with E-state index in [2.05, 4.69) is 4.98 Å². The molecule has 98 valence electrons. The van der Waals surface area contributed by atoms with E-state index >= 15 is 0 Å². The number of hydrogen-bond acceptors (Lipinski definition) is 5. The Morgan fingerprint density at radius 2 is 2.16 bits per heavy atom. The second-order valence-electron chi connectivity index (χ2n) is 3.68. The van der Waals surface area contributed by atoms with Gasteiger partial charge in [0.15, 0.2) is 12.2 Å². The lowest BCUT2D eigenvalue weighted by Crippen LogP contribution is -1.99. The van der Waals surface area contributed by atoms with Crippen LogP contribution in [0.1, 0.15) is 16.1 Å². The highest BCUT2D eigenvalue weighted by molar-refractivity contribution is 6.08. The molecule has 0 saturated carbocycles. The van der Waals surface area contributed by atoms with Crippen molar-refractivity contribution in [3.63, 3.8) is 0 Å². The summed E-state index contributed by atoms with van der Waals surface area (Å²) < 4.78 is 15.1. The van der Waals surface area contributed by atoms with E-state index in [0.717, 1.165) is 0 Å². The van der Waals surface area contributed by atoms with Gasteiger partial charge in [-0.25, -0.2) is 4.98 Å². The van der Waals surface area contributed by atoms with Crippen molar-refractivity contribution in [2.24, 2.45) is 0 Å². The van der Waals surface area contributed by atoms with Crippen LogP contribution in [0, 0.1) is 0 Å². The monoisotopic (exact) mass is 259 g/mol. The van der Waals surface area contributed by atoms with Crippen LogP contribution in [0.3, 0.4) is 0 Å². The fourth-order valence-electron chi connectivity index (χ4n) is 1.56. The van der Waals surface area contributed by atoms with E-state index in [-0.39, 0.29) is 5.78 Å². The molecule has 19 heavy (non-hydrogen) atoms. The Morgan fingerprint density at radius 3 is 2.79 bits per heavy atom. The van der Waals surface area contributed by atoms with Gasteiger partial charge in [0.1, 0.15) is 23.5 Å². The quantitative estimate of drug-likeness (QED) is 0.610. The Kier molecular flexibility index (Phi) is 3.97. The highest BCUT2D eigenvalue weighted by Gasteiger charge is 2.10. The molecule has 5 heteroatoms. The molecule has 2 rings (SSSR count). The molecule has 0 amide bonds. The summed E-state index contributed by atoms with van der Waals surface area (Å²) in [7, 11) is 3.06. The third-order valence-corrected chi connectivity index (χ3v) is 2.53. The summed E-state index contributed by atoms with van der Waals surface area (Å²) in [5.74, 6) is 0.922. The Labute approximate surface area is 110 Å². The number of allylic oxidation sites excluding steroid dienone is 1. The van der Waals surface area contributed by atoms with Crippen LogP contribution in [0.2, 0.25) is 0 Å². The summed E-state index contributed by atoms with van der Waals surface area (Å²) in [6.45, 7) is 0. The van der Waals surface area contributed by atoms with Gasteiger partial charge in [-0.05, 0) is 24.3 Å². The van der Waals surface area contributed by atoms with Crippen LogP contribution in [-0.4, -0.2) is 25.0 Å². The molecule has 1 heterocycles. The summed E-state index contributed by atoms with van der Waals surface area (Å²) in [6, 6.07) is 5.03. The number of carbonyl (C=O) groups excluding carboxylic acids is 1. The zero-order chi connectivity index (χ0) is 13.7. The zero-order valence-corrected chi connectivity index (χ0v) is 10.6. The maximum atomic E-state index is 12.1. The van der Waals surface area contributed by atoms with E-state index in [4.69, 9.17) is 13.9 Å². The molecule has 0 atom stereocenters. The summed E-state index contributed by atoms with van der Waals surface area (Å²) >= 11 is 0. The molecule has 0 bridgehead atoms. The lowest BCUT2D eigenvalue weighted by molar-refractivity contribution is 0.104. The third kappa shape index (κ3) is 3.01. The van der Waals surface area contributed by atoms with Gasteiger partial charge in [-0.3, -0.25) is 4.79 Å². The van der Waals surface area contributed by atoms with Gasteiger partial charge in [0.25, 0.3) is 0 Å². The number of oxazole rings is 1. The van der Waals surface area contributed by atoms with Crippen molar-refractivity contribution in [1.29, 1.82) is 0 Å². The van der Waals surface area contributed by atoms with Gasteiger partial charge >= 0.3 is 0 Å². The van der Waals surface area contributed by atoms with Gasteiger partial charge < -0.3 is 13.9 Å². The molecule has 1 aromatic carbocycles. The van der Waals surface area contributed by atoms with Crippen molar-refractivity contribution in [3.8, 4) is 11.5 Å². The molecule has 0 aliphatic rings. The molecule has 0 radical (unpaired) electrons. The normalized spacial score (nSPS) is 10.6. The largest absolute Gasteiger partial charge is 0.497 e. The van der Waals surface area contributed by atoms with Crippen molar-refractivity contribution in [2.45, 2.75) is 0 Å². The molecular weight excluding hydrogens is 246 g/mol. The number of rotatable bonds is 5. The Bertz CT molecular complexity index is 587. The summed E-state index contributed by atoms with van der Waals surface area (Å²) in [5, 5.41) is 0. The number of methoxy groups -OCH3 is 2. The van der Waals surface area contributed by atoms with E-state index in [1.807, 2.05) is 0 Å². The Balaban J connectivity index is 2.23. The van der Waals surface area contributed by atoms with E-state index in [0.29, 0.717) is 22.8 Å². The smallest absolute Gasteiger partial charge is 0.189 e. The molecule has 0 unspecified atom stereocenters. The number of ether oxygens (including phenoxy) is 2. The first-order chi connectivity index (χ1) is 9.24. The average molecular weight is 259 g/mol. The first-order valence-electron chi connectivity index (χ1n) is 5.57. The predicted molar refractivity (Wildman–Crippen MR) is 69.4 cm³/mol. The SMILES string of the molecule is COc1ccc(C(=O)/C=C/c2cocn2)c(OC)c1. The number of benzene rings is 1. The minimum absolute atomic E-state index is 0.178. The fourth-order valence-corrected chi connectivity index (χ4v) is 1.56. The maximum absolute atomic E-state index is 12.1. The van der Waals surface area contributed by atoms with E-state index in [1.165, 1.54) is 25.8 Å². The summed E-state index contributed by atoms with van der Waals surface area (Å²) in [5.41, 5.74) is 1.05.